The number of rotatable bonds is 4. The van der Waals surface area contributed by atoms with Crippen molar-refractivity contribution >= 4 is 17.6 Å². The van der Waals surface area contributed by atoms with Crippen LogP contribution in [0, 0.1) is 5.82 Å². The second-order valence-corrected chi connectivity index (χ2v) is 4.30. The van der Waals surface area contributed by atoms with E-state index in [1.807, 2.05) is 0 Å². The first-order valence-electron chi connectivity index (χ1n) is 5.80. The number of benzene rings is 1. The largest absolute Gasteiger partial charge is 0.449 e. The van der Waals surface area contributed by atoms with Gasteiger partial charge in [0.05, 0.1) is 0 Å². The van der Waals surface area contributed by atoms with Crippen molar-refractivity contribution < 1.29 is 18.7 Å². The molecule has 5 heteroatoms. The van der Waals surface area contributed by atoms with Gasteiger partial charge in [-0.1, -0.05) is 5.57 Å². The monoisotopic (exact) mass is 265 g/mol. The maximum atomic E-state index is 12.7. The Bertz CT molecular complexity index is 490. The Labute approximate surface area is 111 Å². The fourth-order valence-corrected chi connectivity index (χ4v) is 1.27. The maximum absolute atomic E-state index is 12.7. The SMILES string of the molecule is CC(C)=CC(=O)OC(C)C(=O)Nc1ccc(F)cc1. The second kappa shape index (κ2) is 6.68. The van der Waals surface area contributed by atoms with Crippen molar-refractivity contribution in [1.82, 2.24) is 0 Å². The van der Waals surface area contributed by atoms with Gasteiger partial charge in [-0.25, -0.2) is 9.18 Å². The topological polar surface area (TPSA) is 55.4 Å². The molecule has 0 aromatic heterocycles. The molecule has 0 saturated heterocycles. The highest BCUT2D eigenvalue weighted by molar-refractivity contribution is 5.95. The van der Waals surface area contributed by atoms with E-state index in [0.717, 1.165) is 5.57 Å². The van der Waals surface area contributed by atoms with Crippen LogP contribution in [0.5, 0.6) is 0 Å². The van der Waals surface area contributed by atoms with Crippen molar-refractivity contribution in [3.63, 3.8) is 0 Å². The Balaban J connectivity index is 2.56. The van der Waals surface area contributed by atoms with Gasteiger partial charge in [0.2, 0.25) is 0 Å². The zero-order valence-corrected chi connectivity index (χ0v) is 11.1. The number of allylic oxidation sites excluding steroid dienone is 1. The summed E-state index contributed by atoms with van der Waals surface area (Å²) in [6.45, 7) is 4.98. The number of nitrogens with one attached hydrogen (secondary N) is 1. The molecule has 0 saturated carbocycles. The third-order valence-electron chi connectivity index (χ3n) is 2.18. The summed E-state index contributed by atoms with van der Waals surface area (Å²) < 4.78 is 17.6. The highest BCUT2D eigenvalue weighted by Gasteiger charge is 2.16. The van der Waals surface area contributed by atoms with E-state index in [-0.39, 0.29) is 5.82 Å². The van der Waals surface area contributed by atoms with Crippen molar-refractivity contribution in [2.75, 3.05) is 5.32 Å². The number of amides is 1. The maximum Gasteiger partial charge on any atom is 0.331 e. The van der Waals surface area contributed by atoms with E-state index in [1.54, 1.807) is 13.8 Å². The van der Waals surface area contributed by atoms with Crippen LogP contribution in [0.2, 0.25) is 0 Å². The summed E-state index contributed by atoms with van der Waals surface area (Å²) in [5.41, 5.74) is 1.23. The number of ether oxygens (including phenoxy) is 1. The lowest BCUT2D eigenvalue weighted by atomic mass is 10.3. The van der Waals surface area contributed by atoms with E-state index in [2.05, 4.69) is 5.32 Å². The Morgan fingerprint density at radius 2 is 1.84 bits per heavy atom. The lowest BCUT2D eigenvalue weighted by Crippen LogP contribution is -2.29. The molecule has 0 spiro atoms. The van der Waals surface area contributed by atoms with Crippen LogP contribution in [0.4, 0.5) is 10.1 Å². The van der Waals surface area contributed by atoms with Gasteiger partial charge in [-0.15, -0.1) is 0 Å². The molecule has 19 heavy (non-hydrogen) atoms. The van der Waals surface area contributed by atoms with Crippen LogP contribution >= 0.6 is 0 Å². The minimum absolute atomic E-state index is 0.388. The number of anilines is 1. The van der Waals surface area contributed by atoms with E-state index < -0.39 is 18.0 Å². The summed E-state index contributed by atoms with van der Waals surface area (Å²) in [5, 5.41) is 2.52. The van der Waals surface area contributed by atoms with Crippen molar-refractivity contribution in [2.45, 2.75) is 26.9 Å². The van der Waals surface area contributed by atoms with Crippen molar-refractivity contribution in [3.05, 3.63) is 41.7 Å². The molecular weight excluding hydrogens is 249 g/mol. The van der Waals surface area contributed by atoms with Gasteiger partial charge in [0.1, 0.15) is 5.82 Å². The number of halogens is 1. The highest BCUT2D eigenvalue weighted by Crippen LogP contribution is 2.09. The average Bonchev–Trinajstić information content (AvgIpc) is 2.30. The van der Waals surface area contributed by atoms with Gasteiger partial charge >= 0.3 is 5.97 Å². The van der Waals surface area contributed by atoms with Gasteiger partial charge < -0.3 is 10.1 Å². The molecule has 102 valence electrons. The molecule has 0 bridgehead atoms. The van der Waals surface area contributed by atoms with E-state index in [1.165, 1.54) is 37.3 Å². The number of esters is 1. The Morgan fingerprint density at radius 1 is 1.26 bits per heavy atom. The molecular formula is C14H16FNO3. The standard InChI is InChI=1S/C14H16FNO3/c1-9(2)8-13(17)19-10(3)14(18)16-12-6-4-11(15)5-7-12/h4-8,10H,1-3H3,(H,16,18). The summed E-state index contributed by atoms with van der Waals surface area (Å²) in [4.78, 5) is 23.1. The number of carbonyl (C=O) groups is 2. The zero-order chi connectivity index (χ0) is 14.4. The first-order chi connectivity index (χ1) is 8.88. The molecule has 1 unspecified atom stereocenters. The molecule has 1 atom stereocenters. The molecule has 4 nitrogen and oxygen atoms in total. The van der Waals surface area contributed by atoms with Crippen molar-refractivity contribution in [3.8, 4) is 0 Å². The molecule has 0 aliphatic carbocycles. The van der Waals surface area contributed by atoms with Gasteiger partial charge in [-0.05, 0) is 45.0 Å². The smallest absolute Gasteiger partial charge is 0.331 e. The van der Waals surface area contributed by atoms with Crippen LogP contribution in [0.3, 0.4) is 0 Å². The van der Waals surface area contributed by atoms with Crippen molar-refractivity contribution in [2.24, 2.45) is 0 Å². The number of hydrogen-bond donors (Lipinski definition) is 1. The lowest BCUT2D eigenvalue weighted by molar-refractivity contribution is -0.148. The predicted molar refractivity (Wildman–Crippen MR) is 70.0 cm³/mol. The van der Waals surface area contributed by atoms with E-state index in [4.69, 9.17) is 4.74 Å². The Hall–Kier alpha value is -2.17. The summed E-state index contributed by atoms with van der Waals surface area (Å²) in [7, 11) is 0. The van der Waals surface area contributed by atoms with Gasteiger partial charge in [-0.3, -0.25) is 4.79 Å². The molecule has 0 heterocycles. The minimum Gasteiger partial charge on any atom is -0.449 e. The highest BCUT2D eigenvalue weighted by atomic mass is 19.1. The molecule has 1 N–H and O–H groups in total. The summed E-state index contributed by atoms with van der Waals surface area (Å²) in [6, 6.07) is 5.32. The van der Waals surface area contributed by atoms with Crippen LogP contribution in [0.1, 0.15) is 20.8 Å². The molecule has 0 aliphatic heterocycles. The van der Waals surface area contributed by atoms with Gasteiger partial charge in [0.25, 0.3) is 5.91 Å². The van der Waals surface area contributed by atoms with E-state index >= 15 is 0 Å². The lowest BCUT2D eigenvalue weighted by Gasteiger charge is -2.12. The third-order valence-corrected chi connectivity index (χ3v) is 2.18. The molecule has 0 radical (unpaired) electrons. The summed E-state index contributed by atoms with van der Waals surface area (Å²) in [6.07, 6.45) is 0.384. The normalized spacial score (nSPS) is 11.4. The molecule has 1 aromatic carbocycles. The first kappa shape index (κ1) is 14.9. The second-order valence-electron chi connectivity index (χ2n) is 4.30. The zero-order valence-electron chi connectivity index (χ0n) is 11.1. The van der Waals surface area contributed by atoms with Crippen LogP contribution in [0.25, 0.3) is 0 Å². The third kappa shape index (κ3) is 5.33. The van der Waals surface area contributed by atoms with Crippen LogP contribution in [-0.4, -0.2) is 18.0 Å². The Kier molecular flexibility index (Phi) is 5.23. The van der Waals surface area contributed by atoms with Crippen LogP contribution in [-0.2, 0) is 14.3 Å². The average molecular weight is 265 g/mol. The fourth-order valence-electron chi connectivity index (χ4n) is 1.27. The molecule has 1 aromatic rings. The Morgan fingerprint density at radius 3 is 2.37 bits per heavy atom. The predicted octanol–water partition coefficient (Wildman–Crippen LogP) is 2.66. The molecule has 1 rings (SSSR count). The van der Waals surface area contributed by atoms with E-state index in [9.17, 15) is 14.0 Å². The van der Waals surface area contributed by atoms with E-state index in [0.29, 0.717) is 5.69 Å². The summed E-state index contributed by atoms with van der Waals surface area (Å²) in [5.74, 6) is -1.43. The van der Waals surface area contributed by atoms with Crippen molar-refractivity contribution in [1.29, 1.82) is 0 Å². The van der Waals surface area contributed by atoms with Gasteiger partial charge in [0.15, 0.2) is 6.10 Å². The fraction of sp³-hybridized carbons (Fsp3) is 0.286. The molecule has 1 amide bonds. The molecule has 0 aliphatic rings. The number of carbonyl (C=O) groups excluding carboxylic acids is 2. The van der Waals surface area contributed by atoms with Crippen LogP contribution in [0.15, 0.2) is 35.9 Å². The summed E-state index contributed by atoms with van der Waals surface area (Å²) >= 11 is 0. The molecule has 0 fully saturated rings. The number of hydrogen-bond acceptors (Lipinski definition) is 3. The van der Waals surface area contributed by atoms with Gasteiger partial charge in [-0.2, -0.15) is 0 Å². The van der Waals surface area contributed by atoms with Crippen LogP contribution < -0.4 is 5.32 Å². The minimum atomic E-state index is -0.923. The quantitative estimate of drug-likeness (QED) is 0.672. The van der Waals surface area contributed by atoms with Gasteiger partial charge in [0, 0.05) is 11.8 Å². The first-order valence-corrected chi connectivity index (χ1v) is 5.80.